The van der Waals surface area contributed by atoms with Gasteiger partial charge in [-0.3, -0.25) is 0 Å². The van der Waals surface area contributed by atoms with Crippen molar-refractivity contribution in [1.29, 1.82) is 0 Å². The average Bonchev–Trinajstić information content (AvgIpc) is 3.29. The minimum atomic E-state index is 1.16. The smallest absolute Gasteiger partial charge is 0.0537 e. The molecule has 0 atom stereocenters. The third-order valence-corrected chi connectivity index (χ3v) is 8.72. The fraction of sp³-hybridized carbons (Fsp3) is 0.188. The fourth-order valence-electron chi connectivity index (χ4n) is 6.03. The number of nitrogens with zero attached hydrogens (tertiary/aromatic N) is 1. The average molecular weight is 458 g/mol. The second-order valence-corrected chi connectivity index (χ2v) is 10.7. The normalized spacial score (nSPS) is 14.0. The Hall–Kier alpha value is -3.36. The van der Waals surface area contributed by atoms with E-state index in [4.69, 9.17) is 0 Å². The summed E-state index contributed by atoms with van der Waals surface area (Å²) in [5, 5.41) is 4.22. The molecule has 2 heteroatoms. The van der Waals surface area contributed by atoms with Gasteiger partial charge in [0.2, 0.25) is 0 Å². The first-order valence-electron chi connectivity index (χ1n) is 12.4. The molecule has 0 aliphatic heterocycles. The lowest BCUT2D eigenvalue weighted by atomic mass is 9.99. The fourth-order valence-corrected chi connectivity index (χ4v) is 7.20. The first-order chi connectivity index (χ1) is 16.8. The van der Waals surface area contributed by atoms with E-state index in [2.05, 4.69) is 96.4 Å². The van der Waals surface area contributed by atoms with Crippen molar-refractivity contribution in [2.75, 3.05) is 0 Å². The molecule has 1 aliphatic rings. The molecular weight excluding hydrogens is 430 g/mol. The van der Waals surface area contributed by atoms with E-state index in [0.29, 0.717) is 0 Å². The standard InChI is InChI=1S/C32H27NS/c1-21-10-9-17-31-32(21)26-20-22(18-19-30(26)34-31)23-11-5-7-15-27(23)33-28-14-4-2-3-12-24(28)25-13-6-8-16-29(25)33/h5-11,13,15-20H,2-4,12,14H2,1H3. The Kier molecular flexibility index (Phi) is 4.63. The van der Waals surface area contributed by atoms with Crippen molar-refractivity contribution in [1.82, 2.24) is 4.57 Å². The van der Waals surface area contributed by atoms with Crippen LogP contribution in [0.15, 0.2) is 84.9 Å². The van der Waals surface area contributed by atoms with Gasteiger partial charge < -0.3 is 4.57 Å². The third-order valence-electron chi connectivity index (χ3n) is 7.59. The first kappa shape index (κ1) is 20.1. The van der Waals surface area contributed by atoms with Crippen molar-refractivity contribution in [3.05, 3.63) is 102 Å². The largest absolute Gasteiger partial charge is 0.313 e. The number of benzene rings is 4. The monoisotopic (exact) mass is 457 g/mol. The molecule has 1 nitrogen and oxygen atoms in total. The molecular formula is C32H27NS. The van der Waals surface area contributed by atoms with E-state index < -0.39 is 0 Å². The van der Waals surface area contributed by atoms with E-state index in [9.17, 15) is 0 Å². The second kappa shape index (κ2) is 7.85. The molecule has 0 saturated carbocycles. The summed E-state index contributed by atoms with van der Waals surface area (Å²) in [5.41, 5.74) is 9.70. The van der Waals surface area contributed by atoms with E-state index in [1.54, 1.807) is 5.56 Å². The molecule has 7 rings (SSSR count). The van der Waals surface area contributed by atoms with Crippen LogP contribution in [-0.4, -0.2) is 4.57 Å². The molecule has 0 unspecified atom stereocenters. The van der Waals surface area contributed by atoms with E-state index in [0.717, 1.165) is 6.42 Å². The summed E-state index contributed by atoms with van der Waals surface area (Å²) in [6.07, 6.45) is 6.25. The molecule has 2 aromatic heterocycles. The minimum Gasteiger partial charge on any atom is -0.313 e. The Bertz CT molecular complexity index is 1700. The zero-order chi connectivity index (χ0) is 22.6. The Morgan fingerprint density at radius 1 is 0.706 bits per heavy atom. The van der Waals surface area contributed by atoms with Gasteiger partial charge in [0.05, 0.1) is 11.2 Å². The van der Waals surface area contributed by atoms with Crippen molar-refractivity contribution >= 4 is 42.4 Å². The number of hydrogen-bond donors (Lipinski definition) is 0. The van der Waals surface area contributed by atoms with Gasteiger partial charge in [-0.1, -0.05) is 61.0 Å². The molecule has 34 heavy (non-hydrogen) atoms. The van der Waals surface area contributed by atoms with E-state index in [1.807, 2.05) is 11.3 Å². The van der Waals surface area contributed by atoms with Gasteiger partial charge in [-0.2, -0.15) is 0 Å². The highest BCUT2D eigenvalue weighted by Gasteiger charge is 2.21. The van der Waals surface area contributed by atoms with Crippen LogP contribution in [0.5, 0.6) is 0 Å². The summed E-state index contributed by atoms with van der Waals surface area (Å²) in [4.78, 5) is 0. The van der Waals surface area contributed by atoms with Crippen LogP contribution in [0, 0.1) is 6.92 Å². The van der Waals surface area contributed by atoms with E-state index in [-0.39, 0.29) is 0 Å². The van der Waals surface area contributed by atoms with Gasteiger partial charge >= 0.3 is 0 Å². The molecule has 0 saturated heterocycles. The van der Waals surface area contributed by atoms with Crippen molar-refractivity contribution in [3.63, 3.8) is 0 Å². The van der Waals surface area contributed by atoms with Crippen LogP contribution in [0.2, 0.25) is 0 Å². The molecule has 0 N–H and O–H groups in total. The minimum absolute atomic E-state index is 1.16. The Morgan fingerprint density at radius 2 is 1.56 bits per heavy atom. The van der Waals surface area contributed by atoms with Crippen LogP contribution in [0.25, 0.3) is 47.9 Å². The van der Waals surface area contributed by atoms with Crippen molar-refractivity contribution in [2.45, 2.75) is 39.0 Å². The van der Waals surface area contributed by atoms with Gasteiger partial charge in [-0.25, -0.2) is 0 Å². The summed E-state index contributed by atoms with van der Waals surface area (Å²) in [6.45, 7) is 2.23. The number of aryl methyl sites for hydroxylation is 2. The topological polar surface area (TPSA) is 4.93 Å². The van der Waals surface area contributed by atoms with Crippen LogP contribution >= 0.6 is 11.3 Å². The van der Waals surface area contributed by atoms with Gasteiger partial charge in [-0.15, -0.1) is 11.3 Å². The van der Waals surface area contributed by atoms with Crippen LogP contribution in [-0.2, 0) is 12.8 Å². The Labute approximate surface area is 204 Å². The van der Waals surface area contributed by atoms with Gasteiger partial charge in [-0.05, 0) is 79.6 Å². The highest BCUT2D eigenvalue weighted by Crippen LogP contribution is 2.41. The quantitative estimate of drug-likeness (QED) is 0.228. The molecule has 0 fully saturated rings. The lowest BCUT2D eigenvalue weighted by Gasteiger charge is -2.16. The summed E-state index contributed by atoms with van der Waals surface area (Å²) in [6, 6.07) is 31.7. The van der Waals surface area contributed by atoms with Crippen LogP contribution in [0.1, 0.15) is 36.1 Å². The molecule has 166 valence electrons. The van der Waals surface area contributed by atoms with Gasteiger partial charge in [0.25, 0.3) is 0 Å². The van der Waals surface area contributed by atoms with Crippen LogP contribution in [0.3, 0.4) is 0 Å². The van der Waals surface area contributed by atoms with Crippen LogP contribution in [0.4, 0.5) is 0 Å². The van der Waals surface area contributed by atoms with Crippen molar-refractivity contribution < 1.29 is 0 Å². The Morgan fingerprint density at radius 3 is 2.53 bits per heavy atom. The summed E-state index contributed by atoms with van der Waals surface area (Å²) in [5.74, 6) is 0. The lowest BCUT2D eigenvalue weighted by molar-refractivity contribution is 0.704. The molecule has 0 amide bonds. The molecule has 0 radical (unpaired) electrons. The zero-order valence-electron chi connectivity index (χ0n) is 19.5. The maximum Gasteiger partial charge on any atom is 0.0537 e. The molecule has 4 aromatic carbocycles. The molecule has 2 heterocycles. The molecule has 0 spiro atoms. The highest BCUT2D eigenvalue weighted by molar-refractivity contribution is 7.25. The van der Waals surface area contributed by atoms with Crippen molar-refractivity contribution in [3.8, 4) is 16.8 Å². The SMILES string of the molecule is Cc1cccc2sc3ccc(-c4ccccc4-n4c5c(c6ccccc64)CCCCC5)cc3c12. The molecule has 6 aromatic rings. The highest BCUT2D eigenvalue weighted by atomic mass is 32.1. The summed E-state index contributed by atoms with van der Waals surface area (Å²) < 4.78 is 5.32. The Balaban J connectivity index is 1.50. The molecule has 0 bridgehead atoms. The van der Waals surface area contributed by atoms with Gasteiger partial charge in [0.1, 0.15) is 0 Å². The number of fused-ring (bicyclic) bond motifs is 6. The number of hydrogen-bond acceptors (Lipinski definition) is 1. The van der Waals surface area contributed by atoms with E-state index in [1.165, 1.54) is 84.8 Å². The van der Waals surface area contributed by atoms with Gasteiger partial charge in [0.15, 0.2) is 0 Å². The number of aromatic nitrogens is 1. The second-order valence-electron chi connectivity index (χ2n) is 9.62. The predicted molar refractivity (Wildman–Crippen MR) is 148 cm³/mol. The van der Waals surface area contributed by atoms with Crippen LogP contribution < -0.4 is 0 Å². The maximum atomic E-state index is 2.58. The maximum absolute atomic E-state index is 2.58. The molecule has 1 aliphatic carbocycles. The van der Waals surface area contributed by atoms with E-state index >= 15 is 0 Å². The number of rotatable bonds is 2. The summed E-state index contributed by atoms with van der Waals surface area (Å²) >= 11 is 1.90. The summed E-state index contributed by atoms with van der Waals surface area (Å²) in [7, 11) is 0. The lowest BCUT2D eigenvalue weighted by Crippen LogP contribution is -2.03. The zero-order valence-corrected chi connectivity index (χ0v) is 20.3. The first-order valence-corrected chi connectivity index (χ1v) is 13.2. The number of para-hydroxylation sites is 2. The number of thiophene rings is 1. The van der Waals surface area contributed by atoms with Gasteiger partial charge in [0, 0.05) is 36.8 Å². The predicted octanol–water partition coefficient (Wildman–Crippen LogP) is 9.24. The van der Waals surface area contributed by atoms with Crippen molar-refractivity contribution in [2.24, 2.45) is 0 Å². The third kappa shape index (κ3) is 2.98.